The SMILES string of the molecule is CC(C)(C)c1cc(-c2nnc3sc(Cn4cnc(Cl)c4Cl)nn23)n[nH]1. The van der Waals surface area contributed by atoms with Gasteiger partial charge in [0.2, 0.25) is 10.8 Å². The van der Waals surface area contributed by atoms with Crippen LogP contribution in [0.2, 0.25) is 10.3 Å². The van der Waals surface area contributed by atoms with Gasteiger partial charge in [-0.05, 0) is 6.07 Å². The molecule has 11 heteroatoms. The lowest BCUT2D eigenvalue weighted by atomic mass is 9.92. The van der Waals surface area contributed by atoms with Crippen molar-refractivity contribution in [2.75, 3.05) is 0 Å². The van der Waals surface area contributed by atoms with Gasteiger partial charge >= 0.3 is 0 Å². The van der Waals surface area contributed by atoms with Crippen LogP contribution in [0.15, 0.2) is 12.4 Å². The third-order valence-corrected chi connectivity index (χ3v) is 5.34. The number of nitrogens with one attached hydrogen (secondary N) is 1. The highest BCUT2D eigenvalue weighted by molar-refractivity contribution is 7.16. The Morgan fingerprint density at radius 3 is 2.68 bits per heavy atom. The zero-order chi connectivity index (χ0) is 17.8. The fourth-order valence-electron chi connectivity index (χ4n) is 2.30. The number of aromatic amines is 1. The molecule has 4 aromatic rings. The molecule has 4 aromatic heterocycles. The second-order valence-corrected chi connectivity index (χ2v) is 8.34. The van der Waals surface area contributed by atoms with E-state index >= 15 is 0 Å². The molecule has 1 N–H and O–H groups in total. The van der Waals surface area contributed by atoms with Crippen LogP contribution in [-0.2, 0) is 12.0 Å². The summed E-state index contributed by atoms with van der Waals surface area (Å²) in [6.45, 7) is 6.81. The zero-order valence-electron chi connectivity index (χ0n) is 13.7. The molecule has 4 heterocycles. The number of hydrogen-bond donors (Lipinski definition) is 1. The van der Waals surface area contributed by atoms with Crippen molar-refractivity contribution in [3.05, 3.63) is 33.4 Å². The summed E-state index contributed by atoms with van der Waals surface area (Å²) in [5.74, 6) is 0.596. The Morgan fingerprint density at radius 2 is 2.04 bits per heavy atom. The summed E-state index contributed by atoms with van der Waals surface area (Å²) >= 11 is 13.4. The Morgan fingerprint density at radius 1 is 1.24 bits per heavy atom. The number of nitrogens with zero attached hydrogens (tertiary/aromatic N) is 7. The second-order valence-electron chi connectivity index (χ2n) is 6.58. The van der Waals surface area contributed by atoms with E-state index in [1.807, 2.05) is 6.07 Å². The molecule has 4 rings (SSSR count). The molecule has 0 saturated carbocycles. The van der Waals surface area contributed by atoms with Crippen LogP contribution >= 0.6 is 34.5 Å². The molecule has 0 aliphatic rings. The van der Waals surface area contributed by atoms with Crippen molar-refractivity contribution in [3.8, 4) is 11.5 Å². The molecule has 130 valence electrons. The van der Waals surface area contributed by atoms with E-state index in [2.05, 4.69) is 51.2 Å². The molecule has 0 aromatic carbocycles. The summed E-state index contributed by atoms with van der Waals surface area (Å²) in [5, 5.41) is 21.8. The highest BCUT2D eigenvalue weighted by atomic mass is 35.5. The average molecular weight is 397 g/mol. The largest absolute Gasteiger partial charge is 0.313 e. The van der Waals surface area contributed by atoms with E-state index in [1.165, 1.54) is 11.3 Å². The van der Waals surface area contributed by atoms with E-state index in [0.717, 1.165) is 10.7 Å². The highest BCUT2D eigenvalue weighted by Gasteiger charge is 2.21. The summed E-state index contributed by atoms with van der Waals surface area (Å²) in [6, 6.07) is 1.97. The molecule has 0 aliphatic heterocycles. The van der Waals surface area contributed by atoms with Gasteiger partial charge < -0.3 is 4.57 Å². The first-order valence-electron chi connectivity index (χ1n) is 7.46. The average Bonchev–Trinajstić information content (AvgIpc) is 3.27. The van der Waals surface area contributed by atoms with Crippen molar-refractivity contribution in [3.63, 3.8) is 0 Å². The minimum Gasteiger partial charge on any atom is -0.313 e. The van der Waals surface area contributed by atoms with Gasteiger partial charge in [-0.1, -0.05) is 55.3 Å². The molecule has 0 unspecified atom stereocenters. The molecule has 0 fully saturated rings. The molecule has 0 amide bonds. The maximum absolute atomic E-state index is 6.10. The molecule has 0 atom stereocenters. The third kappa shape index (κ3) is 2.92. The fourth-order valence-corrected chi connectivity index (χ4v) is 3.44. The molecular formula is C14H14Cl2N8S. The Bertz CT molecular complexity index is 1050. The van der Waals surface area contributed by atoms with E-state index in [0.29, 0.717) is 28.2 Å². The van der Waals surface area contributed by atoms with Crippen LogP contribution in [0.4, 0.5) is 0 Å². The lowest BCUT2D eigenvalue weighted by molar-refractivity contribution is 0.567. The molecule has 0 spiro atoms. The predicted octanol–water partition coefficient (Wildman–Crippen LogP) is 3.43. The van der Waals surface area contributed by atoms with Crippen molar-refractivity contribution < 1.29 is 0 Å². The van der Waals surface area contributed by atoms with E-state index in [4.69, 9.17) is 23.2 Å². The van der Waals surface area contributed by atoms with Gasteiger partial charge in [0.1, 0.15) is 15.9 Å². The van der Waals surface area contributed by atoms with E-state index in [-0.39, 0.29) is 10.6 Å². The minimum absolute atomic E-state index is 0.0280. The first kappa shape index (κ1) is 16.5. The van der Waals surface area contributed by atoms with Gasteiger partial charge in [-0.15, -0.1) is 10.2 Å². The van der Waals surface area contributed by atoms with Crippen molar-refractivity contribution in [2.45, 2.75) is 32.7 Å². The topological polar surface area (TPSA) is 89.6 Å². The molecule has 8 nitrogen and oxygen atoms in total. The number of fused-ring (bicyclic) bond motifs is 1. The van der Waals surface area contributed by atoms with Crippen LogP contribution in [0.25, 0.3) is 16.5 Å². The predicted molar refractivity (Wildman–Crippen MR) is 96.3 cm³/mol. The van der Waals surface area contributed by atoms with Gasteiger partial charge in [0.25, 0.3) is 0 Å². The van der Waals surface area contributed by atoms with E-state index < -0.39 is 0 Å². The van der Waals surface area contributed by atoms with Crippen molar-refractivity contribution in [1.29, 1.82) is 0 Å². The normalized spacial score (nSPS) is 12.4. The number of hydrogen-bond acceptors (Lipinski definition) is 6. The third-order valence-electron chi connectivity index (χ3n) is 3.69. The summed E-state index contributed by atoms with van der Waals surface area (Å²) < 4.78 is 3.41. The van der Waals surface area contributed by atoms with Gasteiger partial charge in [-0.3, -0.25) is 5.10 Å². The molecule has 0 bridgehead atoms. The molecule has 0 radical (unpaired) electrons. The summed E-state index contributed by atoms with van der Waals surface area (Å²) in [5.41, 5.74) is 1.70. The summed E-state index contributed by atoms with van der Waals surface area (Å²) in [6.07, 6.45) is 1.58. The monoisotopic (exact) mass is 396 g/mol. The summed E-state index contributed by atoms with van der Waals surface area (Å²) in [4.78, 5) is 4.66. The Labute approximate surface area is 156 Å². The zero-order valence-corrected chi connectivity index (χ0v) is 16.0. The van der Waals surface area contributed by atoms with Gasteiger partial charge in [0.05, 0.1) is 12.9 Å². The minimum atomic E-state index is -0.0280. The van der Waals surface area contributed by atoms with Crippen molar-refractivity contribution >= 4 is 39.5 Å². The van der Waals surface area contributed by atoms with Gasteiger partial charge in [0.15, 0.2) is 5.15 Å². The number of imidazole rings is 1. The van der Waals surface area contributed by atoms with Crippen LogP contribution in [0.5, 0.6) is 0 Å². The fraction of sp³-hybridized carbons (Fsp3) is 0.357. The highest BCUT2D eigenvalue weighted by Crippen LogP contribution is 2.26. The Kier molecular flexibility index (Phi) is 3.82. The molecule has 0 aliphatic carbocycles. The van der Waals surface area contributed by atoms with Gasteiger partial charge in [0, 0.05) is 11.1 Å². The number of rotatable bonds is 3. The quantitative estimate of drug-likeness (QED) is 0.572. The summed E-state index contributed by atoms with van der Waals surface area (Å²) in [7, 11) is 0. The maximum atomic E-state index is 6.10. The van der Waals surface area contributed by atoms with E-state index in [1.54, 1.807) is 15.4 Å². The van der Waals surface area contributed by atoms with Gasteiger partial charge in [-0.25, -0.2) is 4.98 Å². The van der Waals surface area contributed by atoms with Crippen LogP contribution in [-0.4, -0.2) is 39.6 Å². The second kappa shape index (κ2) is 5.79. The molecule has 0 saturated heterocycles. The van der Waals surface area contributed by atoms with Crippen molar-refractivity contribution in [1.82, 2.24) is 39.6 Å². The van der Waals surface area contributed by atoms with E-state index in [9.17, 15) is 0 Å². The number of aromatic nitrogens is 8. The first-order chi connectivity index (χ1) is 11.8. The van der Waals surface area contributed by atoms with Gasteiger partial charge in [-0.2, -0.15) is 14.7 Å². The molecule has 25 heavy (non-hydrogen) atoms. The van der Waals surface area contributed by atoms with Crippen molar-refractivity contribution in [2.24, 2.45) is 0 Å². The number of H-pyrrole nitrogens is 1. The van der Waals surface area contributed by atoms with Crippen LogP contribution in [0.1, 0.15) is 31.5 Å². The Balaban J connectivity index is 1.69. The van der Waals surface area contributed by atoms with Crippen LogP contribution in [0, 0.1) is 0 Å². The number of halogens is 2. The standard InChI is InChI=1S/C14H14Cl2N8S/c1-14(2,3)8-4-7(18-19-8)12-20-21-13-24(12)22-9(25-13)5-23-6-17-10(15)11(23)16/h4,6H,5H2,1-3H3,(H,18,19). The lowest BCUT2D eigenvalue weighted by Gasteiger charge is -2.14. The maximum Gasteiger partial charge on any atom is 0.235 e. The first-order valence-corrected chi connectivity index (χ1v) is 9.03. The smallest absolute Gasteiger partial charge is 0.235 e. The Hall–Kier alpha value is -1.97. The lowest BCUT2D eigenvalue weighted by Crippen LogP contribution is -2.11. The van der Waals surface area contributed by atoms with Crippen LogP contribution in [0.3, 0.4) is 0 Å². The molecular weight excluding hydrogens is 383 g/mol. The van der Waals surface area contributed by atoms with Crippen LogP contribution < -0.4 is 0 Å².